The fourth-order valence-corrected chi connectivity index (χ4v) is 2.34. The van der Waals surface area contributed by atoms with Gasteiger partial charge in [0.1, 0.15) is 0 Å². The van der Waals surface area contributed by atoms with Crippen LogP contribution in [0.25, 0.3) is 21.9 Å². The van der Waals surface area contributed by atoms with Crippen molar-refractivity contribution >= 4 is 10.8 Å². The summed E-state index contributed by atoms with van der Waals surface area (Å²) in [6.45, 7) is 6.41. The Morgan fingerprint density at radius 1 is 0.650 bits per heavy atom. The summed E-state index contributed by atoms with van der Waals surface area (Å²) in [6.07, 6.45) is 1.25. The van der Waals surface area contributed by atoms with Gasteiger partial charge in [0.2, 0.25) is 0 Å². The Labute approximate surface area is 122 Å². The summed E-state index contributed by atoms with van der Waals surface area (Å²) in [5.41, 5.74) is 3.93. The minimum Gasteiger partial charge on any atom is -0.0656 e. The molecule has 0 aromatic heterocycles. The molecule has 20 heavy (non-hydrogen) atoms. The van der Waals surface area contributed by atoms with E-state index in [0.717, 1.165) is 0 Å². The van der Waals surface area contributed by atoms with Crippen LogP contribution in [0.5, 0.6) is 0 Å². The van der Waals surface area contributed by atoms with Crippen molar-refractivity contribution in [1.82, 2.24) is 0 Å². The van der Waals surface area contributed by atoms with Crippen LogP contribution in [0.4, 0.5) is 0 Å². The lowest BCUT2D eigenvalue weighted by molar-refractivity contribution is 1.09. The fourth-order valence-electron chi connectivity index (χ4n) is 2.34. The highest BCUT2D eigenvalue weighted by Gasteiger charge is 2.03. The molecule has 0 aliphatic rings. The molecule has 0 heterocycles. The zero-order chi connectivity index (χ0) is 14.4. The van der Waals surface area contributed by atoms with E-state index >= 15 is 0 Å². The first-order valence-corrected chi connectivity index (χ1v) is 7.31. The molecule has 0 fully saturated rings. The van der Waals surface area contributed by atoms with E-state index in [0.29, 0.717) is 0 Å². The largest absolute Gasteiger partial charge is 0.0656 e. The van der Waals surface area contributed by atoms with Crippen molar-refractivity contribution in [2.24, 2.45) is 0 Å². The average Bonchev–Trinajstić information content (AvgIpc) is 2.49. The van der Waals surface area contributed by atoms with Gasteiger partial charge in [0, 0.05) is 0 Å². The van der Waals surface area contributed by atoms with Crippen molar-refractivity contribution in [2.75, 3.05) is 0 Å². The second-order valence-corrected chi connectivity index (χ2v) is 5.05. The van der Waals surface area contributed by atoms with E-state index in [1.54, 1.807) is 0 Å². The molecule has 0 N–H and O–H groups in total. The van der Waals surface area contributed by atoms with E-state index in [4.69, 9.17) is 0 Å². The standard InChI is InChI=1S/C17H14.C3H8/c1-13-7-5-12-17-15(13)10-6-11-16(17)14-8-3-2-4-9-14;1-3-2/h2-12H,1H3;3H2,1-2H3. The molecular formula is C20H22. The molecule has 0 unspecified atom stereocenters. The molecule has 0 saturated carbocycles. The third-order valence-electron chi connectivity index (χ3n) is 3.22. The van der Waals surface area contributed by atoms with Gasteiger partial charge in [-0.1, -0.05) is 87.0 Å². The topological polar surface area (TPSA) is 0 Å². The summed E-state index contributed by atoms with van der Waals surface area (Å²) < 4.78 is 0. The van der Waals surface area contributed by atoms with Crippen molar-refractivity contribution in [1.29, 1.82) is 0 Å². The zero-order valence-corrected chi connectivity index (χ0v) is 12.6. The maximum atomic E-state index is 2.20. The third kappa shape index (κ3) is 3.08. The monoisotopic (exact) mass is 262 g/mol. The van der Waals surface area contributed by atoms with E-state index in [1.807, 2.05) is 0 Å². The van der Waals surface area contributed by atoms with E-state index in [9.17, 15) is 0 Å². The first-order valence-electron chi connectivity index (χ1n) is 7.31. The number of hydrogen-bond donors (Lipinski definition) is 0. The van der Waals surface area contributed by atoms with Crippen LogP contribution in [0.2, 0.25) is 0 Å². The zero-order valence-electron chi connectivity index (χ0n) is 12.6. The molecule has 0 amide bonds. The molecule has 0 aliphatic heterocycles. The van der Waals surface area contributed by atoms with Crippen molar-refractivity contribution in [3.8, 4) is 11.1 Å². The van der Waals surface area contributed by atoms with Crippen LogP contribution in [-0.4, -0.2) is 0 Å². The summed E-state index contributed by atoms with van der Waals surface area (Å²) in [4.78, 5) is 0. The average molecular weight is 262 g/mol. The Kier molecular flexibility index (Phi) is 4.95. The quantitative estimate of drug-likeness (QED) is 0.487. The third-order valence-corrected chi connectivity index (χ3v) is 3.22. The normalized spacial score (nSPS) is 9.95. The number of hydrogen-bond acceptors (Lipinski definition) is 0. The van der Waals surface area contributed by atoms with Crippen molar-refractivity contribution in [3.63, 3.8) is 0 Å². The Morgan fingerprint density at radius 3 is 1.95 bits per heavy atom. The van der Waals surface area contributed by atoms with Gasteiger partial charge in [-0.2, -0.15) is 0 Å². The Morgan fingerprint density at radius 2 is 1.25 bits per heavy atom. The van der Waals surface area contributed by atoms with E-state index in [-0.39, 0.29) is 0 Å². The van der Waals surface area contributed by atoms with E-state index in [1.165, 1.54) is 33.9 Å². The second kappa shape index (κ2) is 6.91. The Balaban J connectivity index is 0.000000452. The van der Waals surface area contributed by atoms with Gasteiger partial charge in [0.15, 0.2) is 0 Å². The molecular weight excluding hydrogens is 240 g/mol. The lowest BCUT2D eigenvalue weighted by Crippen LogP contribution is -1.83. The van der Waals surface area contributed by atoms with Crippen LogP contribution < -0.4 is 0 Å². The van der Waals surface area contributed by atoms with Gasteiger partial charge in [-0.3, -0.25) is 0 Å². The minimum atomic E-state index is 1.25. The predicted octanol–water partition coefficient (Wildman–Crippen LogP) is 6.23. The van der Waals surface area contributed by atoms with Gasteiger partial charge < -0.3 is 0 Å². The minimum absolute atomic E-state index is 1.25. The highest BCUT2D eigenvalue weighted by Crippen LogP contribution is 2.29. The van der Waals surface area contributed by atoms with Crippen molar-refractivity contribution < 1.29 is 0 Å². The summed E-state index contributed by atoms with van der Waals surface area (Å²) >= 11 is 0. The molecule has 0 saturated heterocycles. The van der Waals surface area contributed by atoms with Crippen LogP contribution in [-0.2, 0) is 0 Å². The summed E-state index contributed by atoms with van der Waals surface area (Å²) in [7, 11) is 0. The lowest BCUT2D eigenvalue weighted by Gasteiger charge is -2.08. The summed E-state index contributed by atoms with van der Waals surface area (Å²) in [6, 6.07) is 23.6. The molecule has 0 nitrogen and oxygen atoms in total. The highest BCUT2D eigenvalue weighted by atomic mass is 14.1. The molecule has 0 spiro atoms. The van der Waals surface area contributed by atoms with Gasteiger partial charge in [0.25, 0.3) is 0 Å². The summed E-state index contributed by atoms with van der Waals surface area (Å²) in [5.74, 6) is 0. The van der Waals surface area contributed by atoms with Crippen molar-refractivity contribution in [3.05, 3.63) is 72.3 Å². The number of fused-ring (bicyclic) bond motifs is 1. The summed E-state index contributed by atoms with van der Waals surface area (Å²) in [5, 5.41) is 2.67. The smallest absolute Gasteiger partial charge is 0.0103 e. The predicted molar refractivity (Wildman–Crippen MR) is 90.1 cm³/mol. The maximum Gasteiger partial charge on any atom is -0.0103 e. The van der Waals surface area contributed by atoms with Gasteiger partial charge >= 0.3 is 0 Å². The molecule has 102 valence electrons. The van der Waals surface area contributed by atoms with Gasteiger partial charge in [0.05, 0.1) is 0 Å². The van der Waals surface area contributed by atoms with Gasteiger partial charge in [-0.05, 0) is 34.4 Å². The SMILES string of the molecule is CCC.Cc1cccc2c(-c3ccccc3)cccc12. The van der Waals surface area contributed by atoms with Gasteiger partial charge in [-0.15, -0.1) is 0 Å². The number of aryl methyl sites for hydroxylation is 1. The second-order valence-electron chi connectivity index (χ2n) is 5.05. The first-order chi connectivity index (χ1) is 9.77. The maximum absolute atomic E-state index is 2.20. The van der Waals surface area contributed by atoms with E-state index < -0.39 is 0 Å². The van der Waals surface area contributed by atoms with E-state index in [2.05, 4.69) is 87.5 Å². The molecule has 3 aromatic carbocycles. The Bertz CT molecular complexity index is 666. The van der Waals surface area contributed by atoms with Crippen molar-refractivity contribution in [2.45, 2.75) is 27.2 Å². The van der Waals surface area contributed by atoms with Crippen LogP contribution in [0, 0.1) is 6.92 Å². The van der Waals surface area contributed by atoms with Crippen LogP contribution in [0.3, 0.4) is 0 Å². The lowest BCUT2D eigenvalue weighted by atomic mass is 9.96. The van der Waals surface area contributed by atoms with Crippen LogP contribution >= 0.6 is 0 Å². The van der Waals surface area contributed by atoms with Crippen LogP contribution in [0.1, 0.15) is 25.8 Å². The first kappa shape index (κ1) is 14.3. The number of rotatable bonds is 1. The molecule has 0 heteroatoms. The molecule has 3 rings (SSSR count). The van der Waals surface area contributed by atoms with Crippen LogP contribution in [0.15, 0.2) is 66.7 Å². The molecule has 0 radical (unpaired) electrons. The molecule has 0 aliphatic carbocycles. The van der Waals surface area contributed by atoms with Gasteiger partial charge in [-0.25, -0.2) is 0 Å². The fraction of sp³-hybridized carbons (Fsp3) is 0.200. The molecule has 0 bridgehead atoms. The Hall–Kier alpha value is -2.08. The molecule has 0 atom stereocenters. The molecule has 3 aromatic rings. The number of benzene rings is 3. The highest BCUT2D eigenvalue weighted by molar-refractivity contribution is 5.98.